The maximum Gasteiger partial charge on any atom is 0.224 e. The number of aliphatic hydroxyl groups is 1. The normalized spacial score (nSPS) is 18.3. The topological polar surface area (TPSA) is 53.0 Å². The van der Waals surface area contributed by atoms with Crippen LogP contribution >= 0.6 is 0 Å². The van der Waals surface area contributed by atoms with Gasteiger partial charge in [-0.1, -0.05) is 12.1 Å². The Kier molecular flexibility index (Phi) is 5.22. The summed E-state index contributed by atoms with van der Waals surface area (Å²) in [6.07, 6.45) is 1.72. The summed E-state index contributed by atoms with van der Waals surface area (Å²) in [6, 6.07) is 12.3. The first-order valence-corrected chi connectivity index (χ1v) is 9.70. The zero-order chi connectivity index (χ0) is 19.7. The van der Waals surface area contributed by atoms with Crippen LogP contribution in [0.2, 0.25) is 0 Å². The fraction of sp³-hybridized carbons (Fsp3) is 0.409. The summed E-state index contributed by atoms with van der Waals surface area (Å²) < 4.78 is 19.1. The van der Waals surface area contributed by atoms with E-state index in [2.05, 4.69) is 0 Å². The summed E-state index contributed by atoms with van der Waals surface area (Å²) in [6.45, 7) is 1.25. The number of amides is 1. The number of anilines is 1. The molecule has 5 nitrogen and oxygen atoms in total. The van der Waals surface area contributed by atoms with Gasteiger partial charge in [-0.3, -0.25) is 4.79 Å². The Balaban J connectivity index is 1.58. The standard InChI is InChI=1S/C22H25FN2O3/c1-28-19-7-2-15(3-8-19)21(26)14-24-11-10-22(27)25(18-5-6-18)13-16-12-17(23)4-9-20(16)24/h2-4,7-9,12,18,21,26H,5-6,10-11,13-14H2,1H3. The smallest absolute Gasteiger partial charge is 0.224 e. The van der Waals surface area contributed by atoms with Crippen molar-refractivity contribution in [3.05, 3.63) is 59.4 Å². The Bertz CT molecular complexity index is 851. The lowest BCUT2D eigenvalue weighted by atomic mass is 10.0. The van der Waals surface area contributed by atoms with Crippen LogP contribution in [-0.4, -0.2) is 42.2 Å². The van der Waals surface area contributed by atoms with Crippen molar-refractivity contribution in [2.24, 2.45) is 0 Å². The zero-order valence-electron chi connectivity index (χ0n) is 16.0. The molecule has 1 aliphatic carbocycles. The number of carbonyl (C=O) groups is 1. The highest BCUT2D eigenvalue weighted by Gasteiger charge is 2.34. The molecule has 0 aromatic heterocycles. The lowest BCUT2D eigenvalue weighted by Gasteiger charge is -2.34. The number of nitrogens with zero attached hydrogens (tertiary/aromatic N) is 2. The molecule has 2 aliphatic rings. The molecule has 1 amide bonds. The molecule has 28 heavy (non-hydrogen) atoms. The summed E-state index contributed by atoms with van der Waals surface area (Å²) >= 11 is 0. The number of methoxy groups -OCH3 is 1. The van der Waals surface area contributed by atoms with Gasteiger partial charge in [-0.2, -0.15) is 0 Å². The molecule has 1 fully saturated rings. The quantitative estimate of drug-likeness (QED) is 0.860. The van der Waals surface area contributed by atoms with Crippen molar-refractivity contribution in [2.45, 2.75) is 38.0 Å². The Hall–Kier alpha value is -2.60. The van der Waals surface area contributed by atoms with Crippen molar-refractivity contribution in [1.82, 2.24) is 4.90 Å². The van der Waals surface area contributed by atoms with Gasteiger partial charge >= 0.3 is 0 Å². The second kappa shape index (κ2) is 7.80. The van der Waals surface area contributed by atoms with Crippen molar-refractivity contribution >= 4 is 11.6 Å². The monoisotopic (exact) mass is 384 g/mol. The van der Waals surface area contributed by atoms with E-state index in [1.807, 2.05) is 34.1 Å². The van der Waals surface area contributed by atoms with E-state index in [1.165, 1.54) is 12.1 Å². The predicted octanol–water partition coefficient (Wildman–Crippen LogP) is 3.27. The van der Waals surface area contributed by atoms with Gasteiger partial charge in [0.25, 0.3) is 0 Å². The molecular formula is C22H25FN2O3. The third kappa shape index (κ3) is 3.97. The summed E-state index contributed by atoms with van der Waals surface area (Å²) in [4.78, 5) is 16.5. The molecule has 4 rings (SSSR count). The average molecular weight is 384 g/mol. The second-order valence-electron chi connectivity index (χ2n) is 7.51. The number of carbonyl (C=O) groups excluding carboxylic acids is 1. The minimum Gasteiger partial charge on any atom is -0.497 e. The van der Waals surface area contributed by atoms with Gasteiger partial charge in [0.15, 0.2) is 0 Å². The van der Waals surface area contributed by atoms with Gasteiger partial charge in [0.05, 0.1) is 13.2 Å². The Labute approximate surface area is 164 Å². The highest BCUT2D eigenvalue weighted by Crippen LogP contribution is 2.34. The molecule has 0 bridgehead atoms. The first-order valence-electron chi connectivity index (χ1n) is 9.70. The first-order chi connectivity index (χ1) is 13.5. The Morgan fingerprint density at radius 3 is 2.64 bits per heavy atom. The van der Waals surface area contributed by atoms with E-state index in [9.17, 15) is 14.3 Å². The molecule has 1 heterocycles. The van der Waals surface area contributed by atoms with Gasteiger partial charge in [0, 0.05) is 37.8 Å². The molecule has 148 valence electrons. The number of halogens is 1. The number of β-amino-alcohol motifs (C(OH)–C–C–N with tert-alkyl or cyclic N) is 1. The van der Waals surface area contributed by atoms with E-state index in [1.54, 1.807) is 13.2 Å². The number of ether oxygens (including phenoxy) is 1. The molecule has 1 N–H and O–H groups in total. The van der Waals surface area contributed by atoms with Crippen molar-refractivity contribution < 1.29 is 19.0 Å². The molecule has 6 heteroatoms. The maximum atomic E-state index is 13.9. The van der Waals surface area contributed by atoms with Gasteiger partial charge in [-0.05, 0) is 54.3 Å². The molecule has 0 saturated heterocycles. The maximum absolute atomic E-state index is 13.9. The van der Waals surface area contributed by atoms with Crippen molar-refractivity contribution in [3.8, 4) is 5.75 Å². The number of fused-ring (bicyclic) bond motifs is 1. The van der Waals surface area contributed by atoms with E-state index >= 15 is 0 Å². The van der Waals surface area contributed by atoms with E-state index in [4.69, 9.17) is 4.74 Å². The van der Waals surface area contributed by atoms with E-state index in [0.29, 0.717) is 32.1 Å². The lowest BCUT2D eigenvalue weighted by Crippen LogP contribution is -2.40. The van der Waals surface area contributed by atoms with Crippen molar-refractivity contribution in [1.29, 1.82) is 0 Å². The molecule has 2 aromatic rings. The molecular weight excluding hydrogens is 359 g/mol. The fourth-order valence-corrected chi connectivity index (χ4v) is 3.80. The largest absolute Gasteiger partial charge is 0.497 e. The third-order valence-corrected chi connectivity index (χ3v) is 5.52. The third-order valence-electron chi connectivity index (χ3n) is 5.52. The van der Waals surface area contributed by atoms with Crippen LogP contribution in [0.4, 0.5) is 10.1 Å². The lowest BCUT2D eigenvalue weighted by molar-refractivity contribution is -0.132. The first kappa shape index (κ1) is 18.7. The molecule has 1 aliphatic heterocycles. The predicted molar refractivity (Wildman–Crippen MR) is 105 cm³/mol. The molecule has 2 aromatic carbocycles. The highest BCUT2D eigenvalue weighted by molar-refractivity contribution is 5.78. The minimum absolute atomic E-state index is 0.0985. The van der Waals surface area contributed by atoms with Crippen molar-refractivity contribution in [2.75, 3.05) is 25.1 Å². The minimum atomic E-state index is -0.724. The summed E-state index contributed by atoms with van der Waals surface area (Å²) in [5.74, 6) is 0.522. The summed E-state index contributed by atoms with van der Waals surface area (Å²) in [5, 5.41) is 10.7. The number of rotatable bonds is 5. The highest BCUT2D eigenvalue weighted by atomic mass is 19.1. The van der Waals surface area contributed by atoms with E-state index < -0.39 is 6.10 Å². The average Bonchev–Trinajstić information content (AvgIpc) is 3.53. The molecule has 0 spiro atoms. The van der Waals surface area contributed by atoms with Crippen LogP contribution < -0.4 is 9.64 Å². The number of hydrogen-bond acceptors (Lipinski definition) is 4. The summed E-state index contributed by atoms with van der Waals surface area (Å²) in [5.41, 5.74) is 2.45. The van der Waals surface area contributed by atoms with Crippen LogP contribution in [0.25, 0.3) is 0 Å². The second-order valence-corrected chi connectivity index (χ2v) is 7.51. The van der Waals surface area contributed by atoms with Gasteiger partial charge in [0.1, 0.15) is 11.6 Å². The SMILES string of the molecule is COc1ccc(C(O)CN2CCC(=O)N(C3CC3)Cc3cc(F)ccc32)cc1. The van der Waals surface area contributed by atoms with Gasteiger partial charge in [0.2, 0.25) is 5.91 Å². The molecule has 1 saturated carbocycles. The summed E-state index contributed by atoms with van der Waals surface area (Å²) in [7, 11) is 1.60. The Morgan fingerprint density at radius 1 is 1.21 bits per heavy atom. The van der Waals surface area contributed by atoms with E-state index in [0.717, 1.165) is 35.4 Å². The van der Waals surface area contributed by atoms with Crippen LogP contribution in [0, 0.1) is 5.82 Å². The van der Waals surface area contributed by atoms with Crippen LogP contribution in [0.3, 0.4) is 0 Å². The van der Waals surface area contributed by atoms with Gasteiger partial charge < -0.3 is 19.6 Å². The van der Waals surface area contributed by atoms with Gasteiger partial charge in [-0.15, -0.1) is 0 Å². The van der Waals surface area contributed by atoms with Crippen LogP contribution in [-0.2, 0) is 11.3 Å². The van der Waals surface area contributed by atoms with Crippen LogP contribution in [0.5, 0.6) is 5.75 Å². The van der Waals surface area contributed by atoms with Crippen molar-refractivity contribution in [3.63, 3.8) is 0 Å². The zero-order valence-corrected chi connectivity index (χ0v) is 16.0. The Morgan fingerprint density at radius 2 is 1.96 bits per heavy atom. The molecule has 1 unspecified atom stereocenters. The molecule has 0 radical (unpaired) electrons. The number of hydrogen-bond donors (Lipinski definition) is 1. The van der Waals surface area contributed by atoms with E-state index in [-0.39, 0.29) is 11.7 Å². The number of benzene rings is 2. The van der Waals surface area contributed by atoms with Crippen LogP contribution in [0.1, 0.15) is 36.5 Å². The van der Waals surface area contributed by atoms with Gasteiger partial charge in [-0.25, -0.2) is 4.39 Å². The number of aliphatic hydroxyl groups excluding tert-OH is 1. The van der Waals surface area contributed by atoms with Crippen LogP contribution in [0.15, 0.2) is 42.5 Å². The fourth-order valence-electron chi connectivity index (χ4n) is 3.80. The molecule has 1 atom stereocenters.